The zero-order valence-electron chi connectivity index (χ0n) is 29.7. The Kier molecular flexibility index (Phi) is 14.1. The summed E-state index contributed by atoms with van der Waals surface area (Å²) in [6.45, 7) is 16.3. The van der Waals surface area contributed by atoms with Crippen molar-refractivity contribution in [2.45, 2.75) is 202 Å². The molecule has 0 amide bonds. The molecule has 4 fully saturated rings. The lowest BCUT2D eigenvalue weighted by Gasteiger charge is -2.61. The van der Waals surface area contributed by atoms with Crippen LogP contribution in [0.4, 0.5) is 0 Å². The van der Waals surface area contributed by atoms with Crippen molar-refractivity contribution in [1.29, 1.82) is 0 Å². The Balaban J connectivity index is 1.13. The van der Waals surface area contributed by atoms with Crippen LogP contribution in [-0.4, -0.2) is 12.7 Å². The highest BCUT2D eigenvalue weighted by atomic mass is 16.5. The molecule has 4 rings (SSSR count). The van der Waals surface area contributed by atoms with E-state index in [-0.39, 0.29) is 0 Å². The molecule has 4 aliphatic rings. The van der Waals surface area contributed by atoms with E-state index in [1.165, 1.54) is 148 Å². The van der Waals surface area contributed by atoms with Gasteiger partial charge in [0.15, 0.2) is 0 Å². The van der Waals surface area contributed by atoms with Gasteiger partial charge < -0.3 is 4.74 Å². The van der Waals surface area contributed by atoms with Gasteiger partial charge >= 0.3 is 0 Å². The molecule has 0 aliphatic heterocycles. The molecule has 0 saturated heterocycles. The molecule has 4 saturated carbocycles. The van der Waals surface area contributed by atoms with E-state index < -0.39 is 0 Å². The third-order valence-electron chi connectivity index (χ3n) is 14.2. The Bertz CT molecular complexity index is 743. The highest BCUT2D eigenvalue weighted by Gasteiger charge is 2.60. The summed E-state index contributed by atoms with van der Waals surface area (Å²) in [5.74, 6) is 6.76. The standard InChI is InChI=1S/C41H76O/c1-7-8-9-10-11-12-13-14-15-16-17-18-30-42-35-26-28-40(5)34(31-35)22-23-36-38-25-24-37(33(4)21-19-20-32(2)3)41(38,6)29-27-39(36)40/h32-39H,7-31H2,1-6H3/t33-,34+,35+,36+,37-,38+,39+,40+,41-/m1/s1. The quantitative estimate of drug-likeness (QED) is 0.137. The first-order valence-corrected chi connectivity index (χ1v) is 19.9. The number of unbranched alkanes of at least 4 members (excludes halogenated alkanes) is 11. The van der Waals surface area contributed by atoms with Crippen molar-refractivity contribution in [3.63, 3.8) is 0 Å². The number of ether oxygens (including phenoxy) is 1. The molecule has 0 aromatic carbocycles. The molecule has 246 valence electrons. The van der Waals surface area contributed by atoms with Crippen LogP contribution in [0, 0.1) is 52.3 Å². The number of hydrogen-bond acceptors (Lipinski definition) is 1. The zero-order chi connectivity index (χ0) is 30.0. The van der Waals surface area contributed by atoms with E-state index in [0.29, 0.717) is 16.9 Å². The predicted octanol–water partition coefficient (Wildman–Crippen LogP) is 13.2. The van der Waals surface area contributed by atoms with Crippen molar-refractivity contribution in [3.05, 3.63) is 0 Å². The van der Waals surface area contributed by atoms with Gasteiger partial charge in [-0.15, -0.1) is 0 Å². The van der Waals surface area contributed by atoms with Crippen molar-refractivity contribution in [2.75, 3.05) is 6.61 Å². The first-order valence-electron chi connectivity index (χ1n) is 19.9. The summed E-state index contributed by atoms with van der Waals surface area (Å²) < 4.78 is 6.58. The van der Waals surface area contributed by atoms with E-state index in [0.717, 1.165) is 48.0 Å². The lowest BCUT2D eigenvalue weighted by molar-refractivity contribution is -0.136. The fraction of sp³-hybridized carbons (Fsp3) is 1.00. The lowest BCUT2D eigenvalue weighted by atomic mass is 9.44. The van der Waals surface area contributed by atoms with Gasteiger partial charge in [0.2, 0.25) is 0 Å². The molecule has 42 heavy (non-hydrogen) atoms. The normalized spacial score (nSPS) is 36.9. The van der Waals surface area contributed by atoms with Crippen LogP contribution in [0.2, 0.25) is 0 Å². The summed E-state index contributed by atoms with van der Waals surface area (Å²) in [4.78, 5) is 0. The first-order chi connectivity index (χ1) is 20.3. The second kappa shape index (κ2) is 17.0. The van der Waals surface area contributed by atoms with Crippen molar-refractivity contribution in [1.82, 2.24) is 0 Å². The monoisotopic (exact) mass is 585 g/mol. The van der Waals surface area contributed by atoms with E-state index in [2.05, 4.69) is 41.5 Å². The fourth-order valence-corrected chi connectivity index (χ4v) is 11.6. The Hall–Kier alpha value is -0.0400. The van der Waals surface area contributed by atoms with E-state index >= 15 is 0 Å². The summed E-state index contributed by atoms with van der Waals surface area (Å²) in [7, 11) is 0. The molecule has 0 aromatic rings. The van der Waals surface area contributed by atoms with Gasteiger partial charge in [-0.2, -0.15) is 0 Å². The average molecular weight is 585 g/mol. The van der Waals surface area contributed by atoms with Gasteiger partial charge in [0, 0.05) is 6.61 Å². The Morgan fingerprint density at radius 3 is 1.90 bits per heavy atom. The van der Waals surface area contributed by atoms with Crippen LogP contribution >= 0.6 is 0 Å². The summed E-state index contributed by atoms with van der Waals surface area (Å²) in [5, 5.41) is 0. The lowest BCUT2D eigenvalue weighted by Crippen LogP contribution is -2.54. The summed E-state index contributed by atoms with van der Waals surface area (Å²) in [6, 6.07) is 0. The van der Waals surface area contributed by atoms with E-state index in [1.54, 1.807) is 6.42 Å². The zero-order valence-corrected chi connectivity index (χ0v) is 29.7. The fourth-order valence-electron chi connectivity index (χ4n) is 11.6. The maximum absolute atomic E-state index is 6.58. The predicted molar refractivity (Wildman–Crippen MR) is 184 cm³/mol. The topological polar surface area (TPSA) is 9.23 Å². The van der Waals surface area contributed by atoms with Crippen LogP contribution in [0.3, 0.4) is 0 Å². The van der Waals surface area contributed by atoms with Crippen molar-refractivity contribution in [3.8, 4) is 0 Å². The van der Waals surface area contributed by atoms with Gasteiger partial charge in [0.05, 0.1) is 6.10 Å². The summed E-state index contributed by atoms with van der Waals surface area (Å²) >= 11 is 0. The molecule has 0 radical (unpaired) electrons. The molecule has 0 N–H and O–H groups in total. The number of rotatable bonds is 19. The van der Waals surface area contributed by atoms with Gasteiger partial charge in [-0.1, -0.05) is 131 Å². The second-order valence-corrected chi connectivity index (χ2v) is 17.3. The van der Waals surface area contributed by atoms with E-state index in [4.69, 9.17) is 4.74 Å². The van der Waals surface area contributed by atoms with Gasteiger partial charge in [-0.05, 0) is 116 Å². The van der Waals surface area contributed by atoms with Crippen LogP contribution in [0.25, 0.3) is 0 Å². The SMILES string of the molecule is CCCCCCCCCCCCCCO[C@H]1CC[C@@]2(C)[C@@H](CC[C@@H]3[C@@H]2CC[C@]2(C)[C@@H]([C@H](C)CCCC(C)C)CC[C@@H]32)C1. The average Bonchev–Trinajstić information content (AvgIpc) is 3.32. The molecule has 0 aromatic heterocycles. The van der Waals surface area contributed by atoms with E-state index in [9.17, 15) is 0 Å². The van der Waals surface area contributed by atoms with Crippen LogP contribution in [0.1, 0.15) is 196 Å². The Morgan fingerprint density at radius 2 is 1.24 bits per heavy atom. The van der Waals surface area contributed by atoms with Crippen LogP contribution < -0.4 is 0 Å². The summed E-state index contributed by atoms with van der Waals surface area (Å²) in [5.41, 5.74) is 1.23. The minimum Gasteiger partial charge on any atom is -0.378 e. The minimum atomic E-state index is 0.559. The number of hydrogen-bond donors (Lipinski definition) is 0. The molecule has 1 nitrogen and oxygen atoms in total. The third kappa shape index (κ3) is 8.81. The molecule has 0 bridgehead atoms. The van der Waals surface area contributed by atoms with Crippen molar-refractivity contribution in [2.24, 2.45) is 52.3 Å². The highest BCUT2D eigenvalue weighted by Crippen LogP contribution is 2.68. The molecule has 0 heterocycles. The molecule has 0 spiro atoms. The Labute approximate surface area is 264 Å². The molecular formula is C41H76O. The van der Waals surface area contributed by atoms with E-state index in [1.807, 2.05) is 0 Å². The largest absolute Gasteiger partial charge is 0.378 e. The Morgan fingerprint density at radius 1 is 0.619 bits per heavy atom. The van der Waals surface area contributed by atoms with Crippen LogP contribution in [-0.2, 0) is 4.74 Å². The van der Waals surface area contributed by atoms with Gasteiger partial charge in [0.25, 0.3) is 0 Å². The molecular weight excluding hydrogens is 508 g/mol. The molecule has 1 heteroatoms. The number of fused-ring (bicyclic) bond motifs is 5. The maximum atomic E-state index is 6.58. The highest BCUT2D eigenvalue weighted by molar-refractivity contribution is 5.09. The minimum absolute atomic E-state index is 0.559. The van der Waals surface area contributed by atoms with Gasteiger partial charge in [-0.25, -0.2) is 0 Å². The molecule has 4 aliphatic carbocycles. The van der Waals surface area contributed by atoms with Gasteiger partial charge in [0.1, 0.15) is 0 Å². The van der Waals surface area contributed by atoms with Gasteiger partial charge in [-0.3, -0.25) is 0 Å². The van der Waals surface area contributed by atoms with Crippen molar-refractivity contribution < 1.29 is 4.74 Å². The molecule has 0 unspecified atom stereocenters. The third-order valence-corrected chi connectivity index (χ3v) is 14.2. The van der Waals surface area contributed by atoms with Crippen LogP contribution in [0.5, 0.6) is 0 Å². The second-order valence-electron chi connectivity index (χ2n) is 17.3. The first kappa shape index (κ1) is 34.8. The smallest absolute Gasteiger partial charge is 0.0578 e. The van der Waals surface area contributed by atoms with Crippen LogP contribution in [0.15, 0.2) is 0 Å². The van der Waals surface area contributed by atoms with Crippen molar-refractivity contribution >= 4 is 0 Å². The molecule has 9 atom stereocenters. The summed E-state index contributed by atoms with van der Waals surface area (Å²) in [6.07, 6.45) is 35.3. The maximum Gasteiger partial charge on any atom is 0.0578 e.